The van der Waals surface area contributed by atoms with Gasteiger partial charge in [0.05, 0.1) is 6.42 Å². The summed E-state index contributed by atoms with van der Waals surface area (Å²) in [6, 6.07) is 13.2. The van der Waals surface area contributed by atoms with Gasteiger partial charge in [-0.05, 0) is 29.8 Å². The first kappa shape index (κ1) is 17.5. The lowest BCUT2D eigenvalue weighted by Gasteiger charge is -2.35. The summed E-state index contributed by atoms with van der Waals surface area (Å²) in [4.78, 5) is 36.5. The van der Waals surface area contributed by atoms with Crippen LogP contribution in [0, 0.1) is 0 Å². The first-order valence-corrected chi connectivity index (χ1v) is 9.64. The van der Waals surface area contributed by atoms with Gasteiger partial charge in [0.15, 0.2) is 12.0 Å². The molecule has 0 radical (unpaired) electrons. The molecular formula is C22H20N4O3. The van der Waals surface area contributed by atoms with Gasteiger partial charge in [0.1, 0.15) is 5.52 Å². The lowest BCUT2D eigenvalue weighted by Crippen LogP contribution is -2.51. The van der Waals surface area contributed by atoms with E-state index in [4.69, 9.17) is 4.42 Å². The standard InChI is InChI=1S/C22H20N4O3/c27-21(12-16-13-23-18-4-2-1-3-17(16)18)25-7-9-26(10-8-25)22(28)15-5-6-20-19(11-15)24-14-29-20/h1-6,11,13-14,23H,7-10,12H2. The van der Waals surface area contributed by atoms with Gasteiger partial charge in [0.25, 0.3) is 5.91 Å². The summed E-state index contributed by atoms with van der Waals surface area (Å²) in [5, 5.41) is 1.08. The minimum atomic E-state index is -0.0429. The van der Waals surface area contributed by atoms with Gasteiger partial charge in [-0.1, -0.05) is 18.2 Å². The summed E-state index contributed by atoms with van der Waals surface area (Å²) >= 11 is 0. The topological polar surface area (TPSA) is 82.4 Å². The molecule has 0 saturated carbocycles. The molecule has 0 unspecified atom stereocenters. The molecule has 0 spiro atoms. The van der Waals surface area contributed by atoms with Crippen molar-refractivity contribution in [1.82, 2.24) is 19.8 Å². The molecule has 1 aliphatic heterocycles. The van der Waals surface area contributed by atoms with Crippen molar-refractivity contribution < 1.29 is 14.0 Å². The lowest BCUT2D eigenvalue weighted by molar-refractivity contribution is -0.131. The molecule has 0 aliphatic carbocycles. The third-order valence-electron chi connectivity index (χ3n) is 5.51. The highest BCUT2D eigenvalue weighted by Crippen LogP contribution is 2.20. The number of carbonyl (C=O) groups is 2. The van der Waals surface area contributed by atoms with E-state index in [0.29, 0.717) is 49.3 Å². The van der Waals surface area contributed by atoms with Gasteiger partial charge >= 0.3 is 0 Å². The van der Waals surface area contributed by atoms with E-state index in [9.17, 15) is 9.59 Å². The molecule has 2 aromatic heterocycles. The van der Waals surface area contributed by atoms with Gasteiger partial charge in [0, 0.05) is 48.8 Å². The van der Waals surface area contributed by atoms with Gasteiger partial charge in [0.2, 0.25) is 5.91 Å². The van der Waals surface area contributed by atoms with E-state index < -0.39 is 0 Å². The molecule has 5 rings (SSSR count). The zero-order valence-corrected chi connectivity index (χ0v) is 15.8. The Balaban J connectivity index is 1.22. The molecule has 1 saturated heterocycles. The molecule has 1 fully saturated rings. The zero-order valence-electron chi connectivity index (χ0n) is 15.8. The number of H-pyrrole nitrogens is 1. The number of nitrogens with one attached hydrogen (secondary N) is 1. The second kappa shape index (κ2) is 7.09. The average Bonchev–Trinajstić information content (AvgIpc) is 3.40. The number of fused-ring (bicyclic) bond motifs is 2. The quantitative estimate of drug-likeness (QED) is 0.585. The number of nitrogens with zero attached hydrogens (tertiary/aromatic N) is 3. The van der Waals surface area contributed by atoms with Crippen LogP contribution in [0.25, 0.3) is 22.0 Å². The molecule has 1 N–H and O–H groups in total. The van der Waals surface area contributed by atoms with Crippen molar-refractivity contribution in [3.05, 3.63) is 66.2 Å². The maximum Gasteiger partial charge on any atom is 0.254 e. The van der Waals surface area contributed by atoms with Crippen LogP contribution in [0.5, 0.6) is 0 Å². The highest BCUT2D eigenvalue weighted by Gasteiger charge is 2.25. The number of hydrogen-bond acceptors (Lipinski definition) is 4. The van der Waals surface area contributed by atoms with Crippen LogP contribution in [0.1, 0.15) is 15.9 Å². The van der Waals surface area contributed by atoms with Crippen molar-refractivity contribution in [2.75, 3.05) is 26.2 Å². The number of para-hydroxylation sites is 1. The van der Waals surface area contributed by atoms with E-state index in [0.717, 1.165) is 16.5 Å². The van der Waals surface area contributed by atoms with Crippen molar-refractivity contribution in [1.29, 1.82) is 0 Å². The largest absolute Gasteiger partial charge is 0.443 e. The second-order valence-electron chi connectivity index (χ2n) is 7.24. The molecule has 0 atom stereocenters. The Bertz CT molecular complexity index is 1200. The van der Waals surface area contributed by atoms with Crippen molar-refractivity contribution >= 4 is 33.8 Å². The fourth-order valence-electron chi connectivity index (χ4n) is 3.88. The fourth-order valence-corrected chi connectivity index (χ4v) is 3.88. The number of aromatic nitrogens is 2. The Morgan fingerprint density at radius 3 is 2.69 bits per heavy atom. The number of rotatable bonds is 3. The smallest absolute Gasteiger partial charge is 0.254 e. The fraction of sp³-hybridized carbons (Fsp3) is 0.227. The van der Waals surface area contributed by atoms with E-state index in [-0.39, 0.29) is 11.8 Å². The summed E-state index contributed by atoms with van der Waals surface area (Å²) in [6.07, 6.45) is 3.64. The summed E-state index contributed by atoms with van der Waals surface area (Å²) < 4.78 is 5.23. The van der Waals surface area contributed by atoms with E-state index in [2.05, 4.69) is 9.97 Å². The van der Waals surface area contributed by atoms with Gasteiger partial charge in [-0.3, -0.25) is 9.59 Å². The normalized spacial score (nSPS) is 14.6. The SMILES string of the molecule is O=C(Cc1c[nH]c2ccccc12)N1CCN(C(=O)c2ccc3ocnc3c2)CC1. The maximum absolute atomic E-state index is 12.8. The minimum absolute atomic E-state index is 0.0429. The zero-order chi connectivity index (χ0) is 19.8. The number of hydrogen-bond donors (Lipinski definition) is 1. The highest BCUT2D eigenvalue weighted by atomic mass is 16.3. The predicted octanol–water partition coefficient (Wildman–Crippen LogP) is 2.84. The van der Waals surface area contributed by atoms with E-state index >= 15 is 0 Å². The number of amides is 2. The molecular weight excluding hydrogens is 368 g/mol. The van der Waals surface area contributed by atoms with Crippen molar-refractivity contribution in [3.8, 4) is 0 Å². The molecule has 0 bridgehead atoms. The Labute approximate surface area is 166 Å². The first-order chi connectivity index (χ1) is 14.2. The third-order valence-corrected chi connectivity index (χ3v) is 5.51. The molecule has 146 valence electrons. The summed E-state index contributed by atoms with van der Waals surface area (Å²) in [7, 11) is 0. The monoisotopic (exact) mass is 388 g/mol. The van der Waals surface area contributed by atoms with E-state index in [1.54, 1.807) is 23.1 Å². The molecule has 4 aromatic rings. The summed E-state index contributed by atoms with van der Waals surface area (Å²) in [5.41, 5.74) is 3.96. The van der Waals surface area contributed by atoms with E-state index in [1.807, 2.05) is 35.4 Å². The van der Waals surface area contributed by atoms with Crippen LogP contribution in [0.2, 0.25) is 0 Å². The van der Waals surface area contributed by atoms with Gasteiger partial charge in [-0.25, -0.2) is 4.98 Å². The lowest BCUT2D eigenvalue weighted by atomic mass is 10.1. The number of benzene rings is 2. The average molecular weight is 388 g/mol. The summed E-state index contributed by atoms with van der Waals surface area (Å²) in [6.45, 7) is 2.13. The molecule has 7 heteroatoms. The van der Waals surface area contributed by atoms with Crippen LogP contribution < -0.4 is 0 Å². The van der Waals surface area contributed by atoms with Gasteiger partial charge in [-0.2, -0.15) is 0 Å². The van der Waals surface area contributed by atoms with Crippen LogP contribution in [0.3, 0.4) is 0 Å². The Morgan fingerprint density at radius 1 is 1.03 bits per heavy atom. The Kier molecular flexibility index (Phi) is 4.27. The molecule has 29 heavy (non-hydrogen) atoms. The Hall–Kier alpha value is -3.61. The van der Waals surface area contributed by atoms with Crippen LogP contribution in [0.15, 0.2) is 59.5 Å². The van der Waals surface area contributed by atoms with Crippen molar-refractivity contribution in [3.63, 3.8) is 0 Å². The minimum Gasteiger partial charge on any atom is -0.443 e. The number of oxazole rings is 1. The Morgan fingerprint density at radius 2 is 1.83 bits per heavy atom. The molecule has 3 heterocycles. The number of aromatic amines is 1. The van der Waals surface area contributed by atoms with Crippen LogP contribution >= 0.6 is 0 Å². The third kappa shape index (κ3) is 3.24. The van der Waals surface area contributed by atoms with Gasteiger partial charge < -0.3 is 19.2 Å². The maximum atomic E-state index is 12.8. The number of piperazine rings is 1. The molecule has 7 nitrogen and oxygen atoms in total. The summed E-state index contributed by atoms with van der Waals surface area (Å²) in [5.74, 6) is 0.0458. The molecule has 2 aromatic carbocycles. The van der Waals surface area contributed by atoms with Crippen molar-refractivity contribution in [2.45, 2.75) is 6.42 Å². The second-order valence-corrected chi connectivity index (χ2v) is 7.24. The van der Waals surface area contributed by atoms with Gasteiger partial charge in [-0.15, -0.1) is 0 Å². The van der Waals surface area contributed by atoms with Crippen molar-refractivity contribution in [2.24, 2.45) is 0 Å². The molecule has 2 amide bonds. The van der Waals surface area contributed by atoms with Crippen LogP contribution in [0.4, 0.5) is 0 Å². The predicted molar refractivity (Wildman–Crippen MR) is 108 cm³/mol. The highest BCUT2D eigenvalue weighted by molar-refractivity contribution is 5.97. The van der Waals surface area contributed by atoms with E-state index in [1.165, 1.54) is 6.39 Å². The first-order valence-electron chi connectivity index (χ1n) is 9.64. The van der Waals surface area contributed by atoms with Crippen LogP contribution in [-0.4, -0.2) is 57.8 Å². The van der Waals surface area contributed by atoms with Crippen LogP contribution in [-0.2, 0) is 11.2 Å². The number of carbonyl (C=O) groups excluding carboxylic acids is 2. The molecule has 1 aliphatic rings.